The van der Waals surface area contributed by atoms with Crippen molar-refractivity contribution in [3.8, 4) is 0 Å². The molecule has 0 aromatic heterocycles. The van der Waals surface area contributed by atoms with E-state index in [1.54, 1.807) is 0 Å². The summed E-state index contributed by atoms with van der Waals surface area (Å²) in [7, 11) is 0. The van der Waals surface area contributed by atoms with E-state index in [-0.39, 0.29) is 0 Å². The van der Waals surface area contributed by atoms with E-state index in [2.05, 4.69) is 5.90 Å². The van der Waals surface area contributed by atoms with Crippen molar-refractivity contribution in [2.24, 2.45) is 11.2 Å². The Morgan fingerprint density at radius 2 is 1.80 bits per heavy atom. The van der Waals surface area contributed by atoms with Crippen molar-refractivity contribution in [1.29, 1.82) is 0 Å². The minimum Gasteiger partial charge on any atom is -0.444 e. The second kappa shape index (κ2) is 175. The molecule has 0 rings (SSSR count). The Balaban J connectivity index is 0. The van der Waals surface area contributed by atoms with Gasteiger partial charge in [0, 0.05) is 0 Å². The average molecular weight is 79.0 g/mol. The molecule has 32 valence electrons. The molecule has 5 heavy (non-hydrogen) atoms. The van der Waals surface area contributed by atoms with Crippen molar-refractivity contribution >= 4 is 0 Å². The lowest BCUT2D eigenvalue weighted by Gasteiger charge is -1.51. The van der Waals surface area contributed by atoms with E-state index in [1.807, 2.05) is 0 Å². The minimum absolute atomic E-state index is 1.00. The second-order valence-corrected chi connectivity index (χ2v) is 0.0745. The van der Waals surface area contributed by atoms with Gasteiger partial charge in [0.25, 0.3) is 0 Å². The van der Waals surface area contributed by atoms with Crippen LogP contribution in [0, 0.1) is 10.1 Å². The summed E-state index contributed by atoms with van der Waals surface area (Å²) in [4.78, 5) is 8.00. The number of nitrogens with zero attached hydrogens (tertiary/aromatic N) is 1. The highest BCUT2D eigenvalue weighted by Crippen LogP contribution is 1.34. The fraction of sp³-hybridized carbons (Fsp3) is 0. The summed E-state index contributed by atoms with van der Waals surface area (Å²) in [5, 5.41) is 15.5. The quantitative estimate of drug-likeness (QED) is 0.304. The monoisotopic (exact) mass is 79.0 g/mol. The van der Waals surface area contributed by atoms with E-state index < -0.39 is 0 Å². The molecule has 0 aliphatic rings. The van der Waals surface area contributed by atoms with Crippen LogP contribution >= 0.6 is 0 Å². The van der Waals surface area contributed by atoms with Gasteiger partial charge in [0.15, 0.2) is 0 Å². The Morgan fingerprint density at radius 3 is 1.80 bits per heavy atom. The Labute approximate surface area is 27.9 Å². The first-order valence-corrected chi connectivity index (χ1v) is 0.623. The Bertz CT molecular complexity index is 12.4. The largest absolute Gasteiger partial charge is 0.444 e. The van der Waals surface area contributed by atoms with Crippen LogP contribution in [-0.2, 0) is 0 Å². The van der Waals surface area contributed by atoms with Gasteiger partial charge in [-0.2, -0.15) is 0 Å². The Hall–Kier alpha value is -0.680. The first kappa shape index (κ1) is 8.85. The van der Waals surface area contributed by atoms with E-state index in [0.717, 1.165) is 5.34 Å². The molecular weight excluding hydrogens is 76.0 g/mol. The Kier molecular flexibility index (Phi) is 309. The number of hydrogen-bond acceptors (Lipinski definition) is 5. The SMILES string of the molecule is NO.O=N[O-]. The lowest BCUT2D eigenvalue weighted by atomic mass is 13.4. The molecular formula is H3N2O3-. The lowest BCUT2D eigenvalue weighted by molar-refractivity contribution is 0.311. The maximum atomic E-state index is 8.00. The van der Waals surface area contributed by atoms with Gasteiger partial charge in [-0.15, -0.1) is 5.34 Å². The molecule has 0 saturated heterocycles. The molecule has 0 aliphatic carbocycles. The average Bonchev–Trinajstić information content (AvgIpc) is 1.46. The topological polar surface area (TPSA) is 98.7 Å². The van der Waals surface area contributed by atoms with E-state index in [9.17, 15) is 0 Å². The van der Waals surface area contributed by atoms with Crippen molar-refractivity contribution in [3.63, 3.8) is 0 Å². The molecule has 0 unspecified atom stereocenters. The zero-order chi connectivity index (χ0) is 4.71. The molecule has 0 amide bonds. The van der Waals surface area contributed by atoms with Crippen LogP contribution in [0.3, 0.4) is 0 Å². The van der Waals surface area contributed by atoms with E-state index >= 15 is 0 Å². The summed E-state index contributed by atoms with van der Waals surface area (Å²) < 4.78 is 0. The molecule has 0 atom stereocenters. The van der Waals surface area contributed by atoms with E-state index in [0.29, 0.717) is 0 Å². The molecule has 0 saturated carbocycles. The zero-order valence-corrected chi connectivity index (χ0v) is 2.29. The molecule has 0 bridgehead atoms. The van der Waals surface area contributed by atoms with Crippen LogP contribution in [0.15, 0.2) is 5.34 Å². The van der Waals surface area contributed by atoms with Crippen LogP contribution in [0.5, 0.6) is 0 Å². The fourth-order valence-electron chi connectivity index (χ4n) is 0. The summed E-state index contributed by atoms with van der Waals surface area (Å²) >= 11 is 0. The molecule has 0 heterocycles. The van der Waals surface area contributed by atoms with E-state index in [1.165, 1.54) is 0 Å². The van der Waals surface area contributed by atoms with Gasteiger partial charge in [-0.25, -0.2) is 5.90 Å². The fourth-order valence-corrected chi connectivity index (χ4v) is 0. The lowest BCUT2D eigenvalue weighted by Crippen LogP contribution is -1.72. The number of rotatable bonds is 0. The van der Waals surface area contributed by atoms with Gasteiger partial charge in [0.05, 0.1) is 0 Å². The van der Waals surface area contributed by atoms with Gasteiger partial charge in [0.1, 0.15) is 0 Å². The molecule has 5 heteroatoms. The van der Waals surface area contributed by atoms with Crippen LogP contribution in [0.1, 0.15) is 0 Å². The highest BCUT2D eigenvalue weighted by atomic mass is 16.6. The van der Waals surface area contributed by atoms with Gasteiger partial charge < -0.3 is 15.3 Å². The first-order valence-electron chi connectivity index (χ1n) is 0.623. The summed E-state index contributed by atoms with van der Waals surface area (Å²) in [5.41, 5.74) is 0. The van der Waals surface area contributed by atoms with Crippen LogP contribution < -0.4 is 5.90 Å². The van der Waals surface area contributed by atoms with Gasteiger partial charge in [-0.1, -0.05) is 0 Å². The summed E-state index contributed by atoms with van der Waals surface area (Å²) in [5.74, 6) is 3.50. The van der Waals surface area contributed by atoms with Gasteiger partial charge in [-0.3, -0.25) is 0 Å². The van der Waals surface area contributed by atoms with Crippen LogP contribution in [0.2, 0.25) is 0 Å². The number of hydrogen-bond donors (Lipinski definition) is 2. The summed E-state index contributed by atoms with van der Waals surface area (Å²) in [6, 6.07) is 0. The molecule has 0 spiro atoms. The smallest absolute Gasteiger partial charge is 0.112 e. The Morgan fingerprint density at radius 1 is 1.80 bits per heavy atom. The standard InChI is InChI=1S/HNO2.H3NO/c2-1-3;1-2/h(H,2,3);2H,1H2/p-1. The third-order valence-corrected chi connectivity index (χ3v) is 0. The van der Waals surface area contributed by atoms with Crippen molar-refractivity contribution in [2.75, 3.05) is 0 Å². The summed E-state index contributed by atoms with van der Waals surface area (Å²) in [6.45, 7) is 0. The van der Waals surface area contributed by atoms with Crippen LogP contribution in [0.4, 0.5) is 0 Å². The zero-order valence-electron chi connectivity index (χ0n) is 2.29. The third-order valence-electron chi connectivity index (χ3n) is 0. The van der Waals surface area contributed by atoms with E-state index in [4.69, 9.17) is 15.3 Å². The van der Waals surface area contributed by atoms with Gasteiger partial charge in [0.2, 0.25) is 0 Å². The highest BCUT2D eigenvalue weighted by Gasteiger charge is 0.958. The maximum Gasteiger partial charge on any atom is -0.112 e. The first-order chi connectivity index (χ1) is 2.41. The van der Waals surface area contributed by atoms with Crippen molar-refractivity contribution < 1.29 is 5.21 Å². The normalized spacial score (nSPS) is 3.60. The molecule has 5 nitrogen and oxygen atoms in total. The summed E-state index contributed by atoms with van der Waals surface area (Å²) in [6.07, 6.45) is 0. The second-order valence-electron chi connectivity index (χ2n) is 0.0745. The highest BCUT2D eigenvalue weighted by molar-refractivity contribution is 4.21. The minimum atomic E-state index is 1.00. The number of nitrogens with two attached hydrogens (primary N) is 1. The molecule has 3 N–H and O–H groups in total. The predicted octanol–water partition coefficient (Wildman–Crippen LogP) is -0.415. The van der Waals surface area contributed by atoms with Crippen LogP contribution in [0.25, 0.3) is 0 Å². The van der Waals surface area contributed by atoms with Crippen molar-refractivity contribution in [1.82, 2.24) is 0 Å². The van der Waals surface area contributed by atoms with Gasteiger partial charge >= 0.3 is 0 Å². The maximum absolute atomic E-state index is 8.00. The molecule has 0 radical (unpaired) electrons. The predicted molar refractivity (Wildman–Crippen MR) is 15.1 cm³/mol. The molecule has 0 fully saturated rings. The van der Waals surface area contributed by atoms with Crippen LogP contribution in [-0.4, -0.2) is 5.21 Å². The molecule has 0 aromatic rings. The van der Waals surface area contributed by atoms with Gasteiger partial charge in [-0.05, 0) is 0 Å². The third kappa shape index (κ3) is 12.5. The molecule has 0 aromatic carbocycles. The van der Waals surface area contributed by atoms with Crippen molar-refractivity contribution in [3.05, 3.63) is 10.1 Å². The van der Waals surface area contributed by atoms with Crippen molar-refractivity contribution in [2.45, 2.75) is 0 Å². The molecule has 0 aliphatic heterocycles.